The lowest BCUT2D eigenvalue weighted by molar-refractivity contribution is 0.914. The Morgan fingerprint density at radius 2 is 1.83 bits per heavy atom. The van der Waals surface area contributed by atoms with Crippen LogP contribution >= 0.6 is 11.6 Å². The molecule has 148 valence electrons. The molecule has 30 heavy (non-hydrogen) atoms. The maximum absolute atomic E-state index is 6.17. The van der Waals surface area contributed by atoms with E-state index in [1.165, 1.54) is 0 Å². The number of fused-ring (bicyclic) bond motifs is 1. The van der Waals surface area contributed by atoms with Crippen LogP contribution in [0, 0.1) is 0 Å². The van der Waals surface area contributed by atoms with Gasteiger partial charge in [0.15, 0.2) is 17.3 Å². The standard InChI is InChI=1S/C21H17ClN8/c1-29-12-25-28-21(29)17-9-8-16-20(27-17)30(14-6-4-13(11-22)5-7-14)19(26-16)15-3-2-10-24-18(15)23/h2-10,12H,11H2,1H3,(H2,23,24). The van der Waals surface area contributed by atoms with Crippen LogP contribution in [0.5, 0.6) is 0 Å². The zero-order chi connectivity index (χ0) is 20.7. The summed E-state index contributed by atoms with van der Waals surface area (Å²) in [5, 5.41) is 8.13. The highest BCUT2D eigenvalue weighted by Gasteiger charge is 2.19. The number of aryl methyl sites for hydroxylation is 1. The molecule has 2 N–H and O–H groups in total. The van der Waals surface area contributed by atoms with Gasteiger partial charge in [-0.1, -0.05) is 12.1 Å². The van der Waals surface area contributed by atoms with Crippen molar-refractivity contribution in [3.63, 3.8) is 0 Å². The number of nitrogens with two attached hydrogens (primary N) is 1. The van der Waals surface area contributed by atoms with Gasteiger partial charge in [0.1, 0.15) is 23.4 Å². The van der Waals surface area contributed by atoms with Crippen LogP contribution in [0.25, 0.3) is 39.8 Å². The normalized spacial score (nSPS) is 11.3. The molecule has 4 aromatic heterocycles. The first-order valence-electron chi connectivity index (χ1n) is 9.25. The van der Waals surface area contributed by atoms with Crippen LogP contribution in [0.15, 0.2) is 61.1 Å². The average Bonchev–Trinajstić information content (AvgIpc) is 3.37. The Morgan fingerprint density at radius 3 is 2.53 bits per heavy atom. The molecule has 0 unspecified atom stereocenters. The maximum Gasteiger partial charge on any atom is 0.182 e. The van der Waals surface area contributed by atoms with Crippen molar-refractivity contribution in [2.75, 3.05) is 5.73 Å². The van der Waals surface area contributed by atoms with Crippen molar-refractivity contribution in [3.05, 3.63) is 66.6 Å². The first kappa shape index (κ1) is 18.3. The van der Waals surface area contributed by atoms with Crippen molar-refractivity contribution >= 4 is 28.6 Å². The summed E-state index contributed by atoms with van der Waals surface area (Å²) in [4.78, 5) is 13.9. The summed E-state index contributed by atoms with van der Waals surface area (Å²) in [5.41, 5.74) is 11.0. The Morgan fingerprint density at radius 1 is 1.00 bits per heavy atom. The van der Waals surface area contributed by atoms with E-state index in [2.05, 4.69) is 15.2 Å². The monoisotopic (exact) mass is 416 g/mol. The molecule has 0 radical (unpaired) electrons. The number of pyridine rings is 2. The van der Waals surface area contributed by atoms with Crippen LogP contribution in [0.2, 0.25) is 0 Å². The molecule has 0 amide bonds. The summed E-state index contributed by atoms with van der Waals surface area (Å²) in [6, 6.07) is 15.5. The first-order valence-corrected chi connectivity index (χ1v) is 9.79. The van der Waals surface area contributed by atoms with Gasteiger partial charge in [-0.25, -0.2) is 15.0 Å². The van der Waals surface area contributed by atoms with Gasteiger partial charge >= 0.3 is 0 Å². The number of halogens is 1. The number of benzene rings is 1. The second-order valence-corrected chi connectivity index (χ2v) is 7.08. The lowest BCUT2D eigenvalue weighted by atomic mass is 10.2. The molecule has 8 nitrogen and oxygen atoms in total. The smallest absolute Gasteiger partial charge is 0.182 e. The molecule has 0 aliphatic heterocycles. The second kappa shape index (κ2) is 7.23. The van der Waals surface area contributed by atoms with E-state index in [9.17, 15) is 0 Å². The highest BCUT2D eigenvalue weighted by molar-refractivity contribution is 6.17. The van der Waals surface area contributed by atoms with Crippen LogP contribution in [0.3, 0.4) is 0 Å². The summed E-state index contributed by atoms with van der Waals surface area (Å²) in [7, 11) is 1.88. The third-order valence-electron chi connectivity index (χ3n) is 4.87. The van der Waals surface area contributed by atoms with Crippen molar-refractivity contribution in [2.45, 2.75) is 5.88 Å². The summed E-state index contributed by atoms with van der Waals surface area (Å²) in [6.07, 6.45) is 3.30. The van der Waals surface area contributed by atoms with E-state index in [4.69, 9.17) is 27.3 Å². The van der Waals surface area contributed by atoms with Crippen molar-refractivity contribution in [1.29, 1.82) is 0 Å². The van der Waals surface area contributed by atoms with Gasteiger partial charge in [0.25, 0.3) is 0 Å². The molecule has 0 aliphatic rings. The van der Waals surface area contributed by atoms with Crippen LogP contribution < -0.4 is 5.73 Å². The largest absolute Gasteiger partial charge is 0.383 e. The summed E-state index contributed by atoms with van der Waals surface area (Å²) in [6.45, 7) is 0. The van der Waals surface area contributed by atoms with Gasteiger partial charge in [-0.3, -0.25) is 4.57 Å². The lowest BCUT2D eigenvalue weighted by Gasteiger charge is -2.11. The Balaban J connectivity index is 1.80. The topological polar surface area (TPSA) is 100 Å². The molecule has 0 saturated carbocycles. The quantitative estimate of drug-likeness (QED) is 0.449. The second-order valence-electron chi connectivity index (χ2n) is 6.81. The summed E-state index contributed by atoms with van der Waals surface area (Å²) < 4.78 is 3.80. The fourth-order valence-corrected chi connectivity index (χ4v) is 3.54. The van der Waals surface area contributed by atoms with Gasteiger partial charge in [-0.15, -0.1) is 21.8 Å². The van der Waals surface area contributed by atoms with Gasteiger partial charge in [0, 0.05) is 24.8 Å². The molecule has 4 heterocycles. The molecule has 5 aromatic rings. The molecule has 9 heteroatoms. The number of anilines is 1. The highest BCUT2D eigenvalue weighted by atomic mass is 35.5. The molecular weight excluding hydrogens is 400 g/mol. The summed E-state index contributed by atoms with van der Waals surface area (Å²) in [5.74, 6) is 2.18. The minimum Gasteiger partial charge on any atom is -0.383 e. The first-order chi connectivity index (χ1) is 14.7. The number of imidazole rings is 1. The Bertz CT molecular complexity index is 1350. The van der Waals surface area contributed by atoms with E-state index in [1.54, 1.807) is 12.5 Å². The Kier molecular flexibility index (Phi) is 4.40. The zero-order valence-corrected chi connectivity index (χ0v) is 16.8. The predicted octanol–water partition coefficient (Wildman–Crippen LogP) is 3.60. The van der Waals surface area contributed by atoms with Gasteiger partial charge in [-0.05, 0) is 42.0 Å². The van der Waals surface area contributed by atoms with Gasteiger partial charge < -0.3 is 10.3 Å². The van der Waals surface area contributed by atoms with E-state index in [1.807, 2.05) is 64.7 Å². The zero-order valence-electron chi connectivity index (χ0n) is 16.1. The van der Waals surface area contributed by atoms with Crippen molar-refractivity contribution < 1.29 is 0 Å². The highest BCUT2D eigenvalue weighted by Crippen LogP contribution is 2.31. The fraction of sp³-hybridized carbons (Fsp3) is 0.0952. The molecule has 0 aliphatic carbocycles. The maximum atomic E-state index is 6.17. The fourth-order valence-electron chi connectivity index (χ4n) is 3.36. The predicted molar refractivity (Wildman–Crippen MR) is 116 cm³/mol. The average molecular weight is 417 g/mol. The molecule has 0 atom stereocenters. The van der Waals surface area contributed by atoms with E-state index in [0.29, 0.717) is 34.7 Å². The Labute approximate surface area is 177 Å². The third kappa shape index (κ3) is 2.98. The van der Waals surface area contributed by atoms with Crippen LogP contribution in [-0.4, -0.2) is 34.3 Å². The van der Waals surface area contributed by atoms with E-state index in [-0.39, 0.29) is 0 Å². The van der Waals surface area contributed by atoms with E-state index < -0.39 is 0 Å². The molecular formula is C21H17ClN8. The number of hydrogen-bond acceptors (Lipinski definition) is 6. The number of alkyl halides is 1. The molecule has 0 saturated heterocycles. The molecule has 0 fully saturated rings. The minimum absolute atomic E-state index is 0.403. The van der Waals surface area contributed by atoms with Crippen LogP contribution in [-0.2, 0) is 12.9 Å². The van der Waals surface area contributed by atoms with Gasteiger partial charge in [0.2, 0.25) is 0 Å². The molecule has 0 spiro atoms. The molecule has 0 bridgehead atoms. The number of nitrogens with zero attached hydrogens (tertiary/aromatic N) is 7. The Hall–Kier alpha value is -3.78. The van der Waals surface area contributed by atoms with Crippen molar-refractivity contribution in [2.24, 2.45) is 7.05 Å². The van der Waals surface area contributed by atoms with Gasteiger partial charge in [-0.2, -0.15) is 0 Å². The van der Waals surface area contributed by atoms with Gasteiger partial charge in [0.05, 0.1) is 5.56 Å². The molecule has 5 rings (SSSR count). The van der Waals surface area contributed by atoms with Crippen LogP contribution in [0.4, 0.5) is 5.82 Å². The number of rotatable bonds is 4. The summed E-state index contributed by atoms with van der Waals surface area (Å²) >= 11 is 5.97. The van der Waals surface area contributed by atoms with Crippen LogP contribution in [0.1, 0.15) is 5.56 Å². The molecule has 1 aromatic carbocycles. The van der Waals surface area contributed by atoms with Crippen molar-refractivity contribution in [3.8, 4) is 28.6 Å². The minimum atomic E-state index is 0.403. The van der Waals surface area contributed by atoms with E-state index >= 15 is 0 Å². The number of nitrogen functional groups attached to an aromatic ring is 1. The lowest BCUT2D eigenvalue weighted by Crippen LogP contribution is -2.02. The number of hydrogen-bond donors (Lipinski definition) is 1. The van der Waals surface area contributed by atoms with E-state index in [0.717, 1.165) is 22.3 Å². The number of aromatic nitrogens is 7. The SMILES string of the molecule is Cn1cnnc1-c1ccc2nc(-c3cccnc3N)n(-c3ccc(CCl)cc3)c2n1. The third-order valence-corrected chi connectivity index (χ3v) is 5.18. The van der Waals surface area contributed by atoms with Crippen molar-refractivity contribution in [1.82, 2.24) is 34.3 Å².